The van der Waals surface area contributed by atoms with Crippen LogP contribution in [0.25, 0.3) is 17.1 Å². The highest BCUT2D eigenvalue weighted by atomic mass is 16.5. The molecular formula is C33H35N5O2. The van der Waals surface area contributed by atoms with E-state index in [1.54, 1.807) is 12.4 Å². The quantitative estimate of drug-likeness (QED) is 0.243. The molecule has 0 radical (unpaired) electrons. The number of benzene rings is 2. The smallest absolute Gasteiger partial charge is 0.264 e. The fourth-order valence-electron chi connectivity index (χ4n) is 5.38. The molecule has 7 heteroatoms. The van der Waals surface area contributed by atoms with E-state index >= 15 is 0 Å². The predicted molar refractivity (Wildman–Crippen MR) is 156 cm³/mol. The van der Waals surface area contributed by atoms with Crippen molar-refractivity contribution in [3.8, 4) is 28.9 Å². The first kappa shape index (κ1) is 27.3. The Morgan fingerprint density at radius 2 is 1.75 bits per heavy atom. The molecule has 1 fully saturated rings. The number of hydrogen-bond acceptors (Lipinski definition) is 6. The molecule has 0 bridgehead atoms. The maximum Gasteiger partial charge on any atom is 0.264 e. The van der Waals surface area contributed by atoms with Gasteiger partial charge in [0.1, 0.15) is 5.82 Å². The number of unbranched alkanes of at least 4 members (excludes halogenated alkanes) is 1. The topological polar surface area (TPSA) is 93.7 Å². The molecule has 7 nitrogen and oxygen atoms in total. The van der Waals surface area contributed by atoms with Crippen LogP contribution in [0.1, 0.15) is 80.1 Å². The highest BCUT2D eigenvalue weighted by Crippen LogP contribution is 2.25. The summed E-state index contributed by atoms with van der Waals surface area (Å²) in [5.74, 6) is 1.51. The number of aryl methyl sites for hydroxylation is 2. The van der Waals surface area contributed by atoms with E-state index in [0.717, 1.165) is 54.5 Å². The molecular weight excluding hydrogens is 498 g/mol. The van der Waals surface area contributed by atoms with Gasteiger partial charge in [-0.05, 0) is 68.2 Å². The number of nitriles is 1. The van der Waals surface area contributed by atoms with E-state index in [2.05, 4.69) is 23.0 Å². The second-order valence-corrected chi connectivity index (χ2v) is 10.5. The Bertz CT molecular complexity index is 1550. The molecule has 1 aliphatic rings. The van der Waals surface area contributed by atoms with Crippen LogP contribution in [-0.2, 0) is 12.8 Å². The summed E-state index contributed by atoms with van der Waals surface area (Å²) in [6, 6.07) is 17.9. The van der Waals surface area contributed by atoms with Gasteiger partial charge in [0.15, 0.2) is 5.75 Å². The lowest BCUT2D eigenvalue weighted by atomic mass is 9.97. The fraction of sp³-hybridized carbons (Fsp3) is 0.364. The summed E-state index contributed by atoms with van der Waals surface area (Å²) in [6.45, 7) is 3.97. The summed E-state index contributed by atoms with van der Waals surface area (Å²) >= 11 is 0. The predicted octanol–water partition coefficient (Wildman–Crippen LogP) is 6.51. The van der Waals surface area contributed by atoms with Crippen molar-refractivity contribution in [3.63, 3.8) is 0 Å². The van der Waals surface area contributed by atoms with Gasteiger partial charge in [0.05, 0.1) is 35.8 Å². The fourth-order valence-corrected chi connectivity index (χ4v) is 5.38. The number of aromatic nitrogens is 4. The number of nitrogens with zero attached hydrogens (tertiary/aromatic N) is 5. The Morgan fingerprint density at radius 1 is 1.02 bits per heavy atom. The normalized spacial score (nSPS) is 13.6. The summed E-state index contributed by atoms with van der Waals surface area (Å²) in [4.78, 5) is 27.8. The maximum absolute atomic E-state index is 13.9. The van der Waals surface area contributed by atoms with Crippen molar-refractivity contribution in [2.24, 2.45) is 0 Å². The van der Waals surface area contributed by atoms with Crippen LogP contribution in [0.2, 0.25) is 0 Å². The largest absolute Gasteiger partial charge is 0.487 e. The van der Waals surface area contributed by atoms with Crippen molar-refractivity contribution < 1.29 is 4.74 Å². The van der Waals surface area contributed by atoms with Crippen molar-refractivity contribution in [2.75, 3.05) is 0 Å². The molecule has 0 atom stereocenters. The monoisotopic (exact) mass is 533 g/mol. The Labute approximate surface area is 235 Å². The Balaban J connectivity index is 1.44. The third-order valence-electron chi connectivity index (χ3n) is 7.56. The van der Waals surface area contributed by atoms with Gasteiger partial charge < -0.3 is 4.74 Å². The SMILES string of the molecule is CCCCc1nc(C)n(-c2ncc(OC3CCCCC3)cn2)c(=O)c1Cc1ccc(-c2ccccc2C#N)cc1. The van der Waals surface area contributed by atoms with Gasteiger partial charge in [-0.25, -0.2) is 19.5 Å². The standard InChI is InChI=1S/C33H35N5O2/c1-3-4-14-31-30(19-24-15-17-25(18-16-24)29-13-9-8-10-26(29)20-34)32(39)38(23(2)37-31)33-35-21-28(22-36-33)40-27-11-6-5-7-12-27/h8-10,13,15-18,21-22,27H,3-7,11-12,14,19H2,1-2H3. The lowest BCUT2D eigenvalue weighted by molar-refractivity contribution is 0.154. The maximum atomic E-state index is 13.9. The molecule has 204 valence electrons. The summed E-state index contributed by atoms with van der Waals surface area (Å²) in [6.07, 6.45) is 12.4. The van der Waals surface area contributed by atoms with Gasteiger partial charge in [0.2, 0.25) is 5.95 Å². The molecule has 4 aromatic rings. The molecule has 40 heavy (non-hydrogen) atoms. The van der Waals surface area contributed by atoms with Gasteiger partial charge in [0.25, 0.3) is 5.56 Å². The molecule has 2 heterocycles. The Hall–Kier alpha value is -4.31. The van der Waals surface area contributed by atoms with E-state index in [9.17, 15) is 10.1 Å². The highest BCUT2D eigenvalue weighted by molar-refractivity contribution is 5.70. The number of hydrogen-bond donors (Lipinski definition) is 0. The van der Waals surface area contributed by atoms with E-state index in [4.69, 9.17) is 9.72 Å². The lowest BCUT2D eigenvalue weighted by Crippen LogP contribution is -2.29. The van der Waals surface area contributed by atoms with E-state index < -0.39 is 0 Å². The zero-order chi connectivity index (χ0) is 27.9. The molecule has 1 aliphatic carbocycles. The minimum atomic E-state index is -0.140. The third kappa shape index (κ3) is 6.12. The Morgan fingerprint density at radius 3 is 2.45 bits per heavy atom. The van der Waals surface area contributed by atoms with Crippen molar-refractivity contribution >= 4 is 0 Å². The van der Waals surface area contributed by atoms with Crippen molar-refractivity contribution in [1.29, 1.82) is 5.26 Å². The van der Waals surface area contributed by atoms with Crippen molar-refractivity contribution in [2.45, 2.75) is 77.7 Å². The first-order valence-corrected chi connectivity index (χ1v) is 14.3. The summed E-state index contributed by atoms with van der Waals surface area (Å²) < 4.78 is 7.59. The van der Waals surface area contributed by atoms with Crippen LogP contribution in [0, 0.1) is 18.3 Å². The van der Waals surface area contributed by atoms with Crippen molar-refractivity contribution in [1.82, 2.24) is 19.5 Å². The summed E-state index contributed by atoms with van der Waals surface area (Å²) in [5.41, 5.74) is 4.86. The minimum Gasteiger partial charge on any atom is -0.487 e. The summed E-state index contributed by atoms with van der Waals surface area (Å²) in [7, 11) is 0. The van der Waals surface area contributed by atoms with Gasteiger partial charge in [-0.2, -0.15) is 5.26 Å². The molecule has 0 unspecified atom stereocenters. The molecule has 0 spiro atoms. The van der Waals surface area contributed by atoms with E-state index in [1.807, 2.05) is 55.5 Å². The molecule has 0 saturated heterocycles. The average Bonchev–Trinajstić information content (AvgIpc) is 2.99. The second-order valence-electron chi connectivity index (χ2n) is 10.5. The lowest BCUT2D eigenvalue weighted by Gasteiger charge is -2.22. The molecule has 0 N–H and O–H groups in total. The number of rotatable bonds is 9. The zero-order valence-corrected chi connectivity index (χ0v) is 23.3. The first-order chi connectivity index (χ1) is 19.6. The van der Waals surface area contributed by atoms with Crippen LogP contribution in [0.15, 0.2) is 65.7 Å². The van der Waals surface area contributed by atoms with E-state index in [1.165, 1.54) is 23.8 Å². The van der Waals surface area contributed by atoms with Gasteiger partial charge in [-0.1, -0.05) is 62.2 Å². The van der Waals surface area contributed by atoms with Gasteiger partial charge in [0, 0.05) is 12.0 Å². The van der Waals surface area contributed by atoms with Crippen LogP contribution >= 0.6 is 0 Å². The van der Waals surface area contributed by atoms with Crippen LogP contribution in [0.5, 0.6) is 5.75 Å². The average molecular weight is 534 g/mol. The van der Waals surface area contributed by atoms with Gasteiger partial charge >= 0.3 is 0 Å². The number of ether oxygens (including phenoxy) is 1. The molecule has 0 amide bonds. The van der Waals surface area contributed by atoms with Gasteiger partial charge in [-0.15, -0.1) is 0 Å². The third-order valence-corrected chi connectivity index (χ3v) is 7.56. The molecule has 5 rings (SSSR count). The second kappa shape index (κ2) is 12.7. The van der Waals surface area contributed by atoms with Crippen LogP contribution in [0.4, 0.5) is 0 Å². The van der Waals surface area contributed by atoms with Crippen LogP contribution in [0.3, 0.4) is 0 Å². The van der Waals surface area contributed by atoms with Crippen molar-refractivity contribution in [3.05, 3.63) is 99.5 Å². The molecule has 0 aliphatic heterocycles. The minimum absolute atomic E-state index is 0.140. The van der Waals surface area contributed by atoms with Gasteiger partial charge in [-0.3, -0.25) is 4.79 Å². The van der Waals surface area contributed by atoms with Crippen LogP contribution in [-0.4, -0.2) is 25.6 Å². The molecule has 2 aromatic carbocycles. The molecule has 1 saturated carbocycles. The van der Waals surface area contributed by atoms with Crippen LogP contribution < -0.4 is 10.3 Å². The highest BCUT2D eigenvalue weighted by Gasteiger charge is 2.19. The van der Waals surface area contributed by atoms with E-state index in [0.29, 0.717) is 35.1 Å². The Kier molecular flexibility index (Phi) is 8.65. The first-order valence-electron chi connectivity index (χ1n) is 14.3. The molecule has 2 aromatic heterocycles. The summed E-state index contributed by atoms with van der Waals surface area (Å²) in [5, 5.41) is 9.48. The zero-order valence-electron chi connectivity index (χ0n) is 23.3. The van der Waals surface area contributed by atoms with E-state index in [-0.39, 0.29) is 11.7 Å².